The fourth-order valence-electron chi connectivity index (χ4n) is 1.32. The molecule has 1 aliphatic heterocycles. The van der Waals surface area contributed by atoms with E-state index in [1.165, 1.54) is 0 Å². The molecule has 0 bridgehead atoms. The van der Waals surface area contributed by atoms with Crippen molar-refractivity contribution in [3.8, 4) is 0 Å². The highest BCUT2D eigenvalue weighted by molar-refractivity contribution is 5.74. The number of amides is 2. The van der Waals surface area contributed by atoms with Crippen LogP contribution in [0.25, 0.3) is 0 Å². The lowest BCUT2D eigenvalue weighted by Crippen LogP contribution is -2.37. The number of nitrogens with one attached hydrogen (secondary N) is 1. The minimum Gasteiger partial charge on any atom is -0.341 e. The van der Waals surface area contributed by atoms with Crippen LogP contribution in [0.4, 0.5) is 4.79 Å². The second-order valence-electron chi connectivity index (χ2n) is 3.10. The summed E-state index contributed by atoms with van der Waals surface area (Å²) in [5.74, 6) is 0.423. The van der Waals surface area contributed by atoms with Gasteiger partial charge < -0.3 is 16.0 Å². The van der Waals surface area contributed by atoms with E-state index in [0.29, 0.717) is 12.5 Å². The number of carbonyl (C=O) groups excluding carboxylic acids is 1. The lowest BCUT2D eigenvalue weighted by molar-refractivity contribution is 0.209. The molecule has 1 saturated heterocycles. The zero-order chi connectivity index (χ0) is 8.43. The summed E-state index contributed by atoms with van der Waals surface area (Å²) in [4.78, 5) is 12.8. The molecule has 0 radical (unpaired) electrons. The summed E-state index contributed by atoms with van der Waals surface area (Å²) >= 11 is 0. The highest BCUT2D eigenvalue weighted by Crippen LogP contribution is 2.13. The first-order valence-electron chi connectivity index (χ1n) is 3.87. The number of rotatable bonds is 0. The smallest absolute Gasteiger partial charge is 0.317 e. The van der Waals surface area contributed by atoms with E-state index in [0.717, 1.165) is 6.54 Å². The highest BCUT2D eigenvalue weighted by Gasteiger charge is 2.28. The maximum absolute atomic E-state index is 11.1. The summed E-state index contributed by atoms with van der Waals surface area (Å²) in [6.07, 6.45) is 0. The Labute approximate surface area is 66.7 Å². The molecule has 0 aromatic heterocycles. The zero-order valence-corrected chi connectivity index (χ0v) is 7.00. The van der Waals surface area contributed by atoms with Gasteiger partial charge in [0, 0.05) is 26.2 Å². The minimum atomic E-state index is -0.0233. The standard InChI is InChI=1S/C7H15N3O/c1-5-3-10(4-6(5)8)7(11)9-2/h5-6H,3-4,8H2,1-2H3,(H,9,11)/t5-,6+/m0/s1. The number of carbonyl (C=O) groups is 1. The first-order chi connectivity index (χ1) is 5.15. The van der Waals surface area contributed by atoms with Crippen LogP contribution < -0.4 is 11.1 Å². The largest absolute Gasteiger partial charge is 0.341 e. The Morgan fingerprint density at radius 1 is 1.64 bits per heavy atom. The molecule has 2 atom stereocenters. The molecule has 11 heavy (non-hydrogen) atoms. The van der Waals surface area contributed by atoms with Crippen molar-refractivity contribution in [2.24, 2.45) is 11.7 Å². The van der Waals surface area contributed by atoms with Crippen LogP contribution in [0.5, 0.6) is 0 Å². The van der Waals surface area contributed by atoms with E-state index in [1.54, 1.807) is 11.9 Å². The predicted molar refractivity (Wildman–Crippen MR) is 43.2 cm³/mol. The molecule has 1 fully saturated rings. The topological polar surface area (TPSA) is 58.4 Å². The van der Waals surface area contributed by atoms with Gasteiger partial charge in [0.25, 0.3) is 0 Å². The second kappa shape index (κ2) is 3.09. The van der Waals surface area contributed by atoms with Crippen LogP contribution >= 0.6 is 0 Å². The van der Waals surface area contributed by atoms with Crippen molar-refractivity contribution in [3.05, 3.63) is 0 Å². The highest BCUT2D eigenvalue weighted by atomic mass is 16.2. The molecule has 0 aromatic rings. The zero-order valence-electron chi connectivity index (χ0n) is 7.00. The molecule has 1 rings (SSSR count). The van der Waals surface area contributed by atoms with Crippen LogP contribution in [0.1, 0.15) is 6.92 Å². The second-order valence-corrected chi connectivity index (χ2v) is 3.10. The van der Waals surface area contributed by atoms with Crippen LogP contribution in [0.15, 0.2) is 0 Å². The molecule has 3 N–H and O–H groups in total. The SMILES string of the molecule is CNC(=O)N1C[C@@H](N)[C@@H](C)C1. The monoisotopic (exact) mass is 157 g/mol. The van der Waals surface area contributed by atoms with Crippen molar-refractivity contribution >= 4 is 6.03 Å². The van der Waals surface area contributed by atoms with Crippen molar-refractivity contribution in [2.45, 2.75) is 13.0 Å². The molecule has 0 unspecified atom stereocenters. The number of urea groups is 1. The van der Waals surface area contributed by atoms with Gasteiger partial charge in [-0.25, -0.2) is 4.79 Å². The number of nitrogens with two attached hydrogens (primary N) is 1. The molecule has 1 heterocycles. The third kappa shape index (κ3) is 1.63. The van der Waals surface area contributed by atoms with Gasteiger partial charge in [-0.3, -0.25) is 0 Å². The molecule has 0 saturated carbocycles. The van der Waals surface area contributed by atoms with E-state index in [4.69, 9.17) is 5.73 Å². The van der Waals surface area contributed by atoms with Gasteiger partial charge in [-0.1, -0.05) is 6.92 Å². The molecular weight excluding hydrogens is 142 g/mol. The average molecular weight is 157 g/mol. The Hall–Kier alpha value is -0.770. The molecule has 0 aliphatic carbocycles. The predicted octanol–water partition coefficient (Wildman–Crippen LogP) is -0.395. The van der Waals surface area contributed by atoms with Crippen LogP contribution in [-0.2, 0) is 0 Å². The minimum absolute atomic E-state index is 0.0233. The van der Waals surface area contributed by atoms with E-state index < -0.39 is 0 Å². The quantitative estimate of drug-likeness (QED) is 0.503. The third-order valence-electron chi connectivity index (χ3n) is 2.17. The normalized spacial score (nSPS) is 30.6. The third-order valence-corrected chi connectivity index (χ3v) is 2.17. The Bertz CT molecular complexity index is 150. The maximum Gasteiger partial charge on any atom is 0.317 e. The van der Waals surface area contributed by atoms with Gasteiger partial charge in [-0.15, -0.1) is 0 Å². The van der Waals surface area contributed by atoms with Crippen molar-refractivity contribution in [3.63, 3.8) is 0 Å². The van der Waals surface area contributed by atoms with Crippen molar-refractivity contribution in [1.82, 2.24) is 10.2 Å². The van der Waals surface area contributed by atoms with Crippen molar-refractivity contribution in [2.75, 3.05) is 20.1 Å². The molecule has 2 amide bonds. The summed E-state index contributed by atoms with van der Waals surface area (Å²) in [7, 11) is 1.64. The van der Waals surface area contributed by atoms with Gasteiger partial charge in [-0.2, -0.15) is 0 Å². The van der Waals surface area contributed by atoms with Crippen LogP contribution in [0, 0.1) is 5.92 Å². The molecule has 0 spiro atoms. The fraction of sp³-hybridized carbons (Fsp3) is 0.857. The number of nitrogens with zero attached hydrogens (tertiary/aromatic N) is 1. The molecule has 0 aromatic carbocycles. The molecule has 1 aliphatic rings. The summed E-state index contributed by atoms with van der Waals surface area (Å²) in [5, 5.41) is 2.58. The van der Waals surface area contributed by atoms with E-state index in [-0.39, 0.29) is 12.1 Å². The number of hydrogen-bond donors (Lipinski definition) is 2. The molecule has 64 valence electrons. The van der Waals surface area contributed by atoms with Crippen LogP contribution in [-0.4, -0.2) is 37.1 Å². The van der Waals surface area contributed by atoms with E-state index in [9.17, 15) is 4.79 Å². The van der Waals surface area contributed by atoms with Gasteiger partial charge in [0.05, 0.1) is 0 Å². The summed E-state index contributed by atoms with van der Waals surface area (Å²) in [5.41, 5.74) is 5.74. The van der Waals surface area contributed by atoms with Gasteiger partial charge >= 0.3 is 6.03 Å². The van der Waals surface area contributed by atoms with Gasteiger partial charge in [0.1, 0.15) is 0 Å². The Morgan fingerprint density at radius 2 is 2.27 bits per heavy atom. The summed E-state index contributed by atoms with van der Waals surface area (Å²) < 4.78 is 0. The van der Waals surface area contributed by atoms with Crippen molar-refractivity contribution in [1.29, 1.82) is 0 Å². The van der Waals surface area contributed by atoms with Gasteiger partial charge in [0.2, 0.25) is 0 Å². The van der Waals surface area contributed by atoms with Crippen LogP contribution in [0.3, 0.4) is 0 Å². The first-order valence-corrected chi connectivity index (χ1v) is 3.87. The van der Waals surface area contributed by atoms with Crippen LogP contribution in [0.2, 0.25) is 0 Å². The van der Waals surface area contributed by atoms with Gasteiger partial charge in [-0.05, 0) is 5.92 Å². The van der Waals surface area contributed by atoms with Crippen molar-refractivity contribution < 1.29 is 4.79 Å². The Balaban J connectivity index is 2.46. The molecule has 4 heteroatoms. The average Bonchev–Trinajstić information content (AvgIpc) is 2.31. The molecular formula is C7H15N3O. The number of likely N-dealkylation sites (tertiary alicyclic amines) is 1. The lowest BCUT2D eigenvalue weighted by Gasteiger charge is -2.14. The fourth-order valence-corrected chi connectivity index (χ4v) is 1.32. The van der Waals surface area contributed by atoms with E-state index in [2.05, 4.69) is 12.2 Å². The summed E-state index contributed by atoms with van der Waals surface area (Å²) in [6.45, 7) is 3.52. The van der Waals surface area contributed by atoms with E-state index >= 15 is 0 Å². The first kappa shape index (κ1) is 8.33. The summed E-state index contributed by atoms with van der Waals surface area (Å²) in [6, 6.07) is 0.122. The molecule has 4 nitrogen and oxygen atoms in total. The van der Waals surface area contributed by atoms with E-state index in [1.807, 2.05) is 0 Å². The van der Waals surface area contributed by atoms with Gasteiger partial charge in [0.15, 0.2) is 0 Å². The maximum atomic E-state index is 11.1. The Morgan fingerprint density at radius 3 is 2.64 bits per heavy atom. The number of hydrogen-bond acceptors (Lipinski definition) is 2. The Kier molecular flexibility index (Phi) is 2.34. The lowest BCUT2D eigenvalue weighted by atomic mass is 10.1.